The average molecular weight is 383 g/mol. The number of rotatable bonds is 7. The van der Waals surface area contributed by atoms with Crippen molar-refractivity contribution in [3.05, 3.63) is 47.4 Å². The second-order valence-electron chi connectivity index (χ2n) is 7.38. The quantitative estimate of drug-likeness (QED) is 0.710. The van der Waals surface area contributed by atoms with Crippen molar-refractivity contribution in [3.63, 3.8) is 0 Å². The van der Waals surface area contributed by atoms with E-state index in [-0.39, 0.29) is 5.91 Å². The molecule has 1 amide bonds. The van der Waals surface area contributed by atoms with E-state index in [2.05, 4.69) is 20.6 Å². The van der Waals surface area contributed by atoms with E-state index in [9.17, 15) is 4.79 Å². The summed E-state index contributed by atoms with van der Waals surface area (Å²) in [6.07, 6.45) is 8.17. The molecule has 0 atom stereocenters. The lowest BCUT2D eigenvalue weighted by Crippen LogP contribution is -2.27. The monoisotopic (exact) mass is 382 g/mol. The van der Waals surface area contributed by atoms with Crippen LogP contribution < -0.4 is 15.4 Å². The Kier molecular flexibility index (Phi) is 7.23. The SMILES string of the molecule is COc1cccc(CCNC(=O)c2cc(NC3CCCCCC3)nc(C)n2)c1. The Morgan fingerprint density at radius 2 is 1.93 bits per heavy atom. The predicted molar refractivity (Wildman–Crippen MR) is 111 cm³/mol. The van der Waals surface area contributed by atoms with Crippen LogP contribution in [0.25, 0.3) is 0 Å². The molecule has 1 aliphatic rings. The van der Waals surface area contributed by atoms with E-state index in [0.717, 1.165) is 36.4 Å². The van der Waals surface area contributed by atoms with Crippen LogP contribution in [0.15, 0.2) is 30.3 Å². The van der Waals surface area contributed by atoms with E-state index in [1.54, 1.807) is 13.2 Å². The summed E-state index contributed by atoms with van der Waals surface area (Å²) in [4.78, 5) is 21.3. The Balaban J connectivity index is 1.57. The summed E-state index contributed by atoms with van der Waals surface area (Å²) in [6, 6.07) is 10.1. The average Bonchev–Trinajstić information content (AvgIpc) is 2.96. The summed E-state index contributed by atoms with van der Waals surface area (Å²) in [7, 11) is 1.65. The first-order chi connectivity index (χ1) is 13.6. The van der Waals surface area contributed by atoms with Crippen LogP contribution in [-0.4, -0.2) is 35.6 Å². The summed E-state index contributed by atoms with van der Waals surface area (Å²) < 4.78 is 5.24. The van der Waals surface area contributed by atoms with Gasteiger partial charge in [0.2, 0.25) is 0 Å². The maximum absolute atomic E-state index is 12.6. The van der Waals surface area contributed by atoms with Gasteiger partial charge in [-0.2, -0.15) is 0 Å². The number of carbonyl (C=O) groups excluding carboxylic acids is 1. The van der Waals surface area contributed by atoms with Crippen molar-refractivity contribution in [1.29, 1.82) is 0 Å². The van der Waals surface area contributed by atoms with E-state index < -0.39 is 0 Å². The molecule has 1 aliphatic carbocycles. The molecule has 1 aromatic carbocycles. The number of benzene rings is 1. The number of hydrogen-bond donors (Lipinski definition) is 2. The molecule has 2 N–H and O–H groups in total. The smallest absolute Gasteiger partial charge is 0.270 e. The van der Waals surface area contributed by atoms with Crippen molar-refractivity contribution >= 4 is 11.7 Å². The molecule has 150 valence electrons. The van der Waals surface area contributed by atoms with E-state index >= 15 is 0 Å². The number of hydrogen-bond acceptors (Lipinski definition) is 5. The third-order valence-corrected chi connectivity index (χ3v) is 5.11. The fraction of sp³-hybridized carbons (Fsp3) is 0.500. The van der Waals surface area contributed by atoms with Crippen molar-refractivity contribution in [2.24, 2.45) is 0 Å². The van der Waals surface area contributed by atoms with Crippen LogP contribution in [0.4, 0.5) is 5.82 Å². The first kappa shape index (κ1) is 20.1. The van der Waals surface area contributed by atoms with Gasteiger partial charge in [-0.05, 0) is 43.9 Å². The maximum Gasteiger partial charge on any atom is 0.270 e. The molecule has 1 aromatic heterocycles. The number of amides is 1. The molecular formula is C22H30N4O2. The number of ether oxygens (including phenoxy) is 1. The number of nitrogens with one attached hydrogen (secondary N) is 2. The second-order valence-corrected chi connectivity index (χ2v) is 7.38. The van der Waals surface area contributed by atoms with Crippen LogP contribution >= 0.6 is 0 Å². The van der Waals surface area contributed by atoms with Gasteiger partial charge in [0.1, 0.15) is 23.1 Å². The van der Waals surface area contributed by atoms with E-state index in [4.69, 9.17) is 4.74 Å². The summed E-state index contributed by atoms with van der Waals surface area (Å²) in [5, 5.41) is 6.46. The molecule has 2 aromatic rings. The lowest BCUT2D eigenvalue weighted by Gasteiger charge is -2.17. The minimum absolute atomic E-state index is 0.169. The number of anilines is 1. The highest BCUT2D eigenvalue weighted by Crippen LogP contribution is 2.20. The Bertz CT molecular complexity index is 786. The lowest BCUT2D eigenvalue weighted by atomic mass is 10.1. The lowest BCUT2D eigenvalue weighted by molar-refractivity contribution is 0.0949. The predicted octanol–water partition coefficient (Wildman–Crippen LogP) is 3.90. The molecule has 6 heteroatoms. The molecular weight excluding hydrogens is 352 g/mol. The van der Waals surface area contributed by atoms with Gasteiger partial charge in [0.05, 0.1) is 7.11 Å². The fourth-order valence-corrected chi connectivity index (χ4v) is 3.63. The highest BCUT2D eigenvalue weighted by Gasteiger charge is 2.15. The Morgan fingerprint density at radius 1 is 1.14 bits per heavy atom. The molecule has 6 nitrogen and oxygen atoms in total. The van der Waals surface area contributed by atoms with Crippen LogP contribution in [0.5, 0.6) is 5.75 Å². The Morgan fingerprint density at radius 3 is 2.68 bits per heavy atom. The molecule has 0 unspecified atom stereocenters. The highest BCUT2D eigenvalue weighted by molar-refractivity contribution is 5.92. The van der Waals surface area contributed by atoms with Gasteiger partial charge in [-0.1, -0.05) is 37.8 Å². The van der Waals surface area contributed by atoms with Crippen LogP contribution in [-0.2, 0) is 6.42 Å². The molecule has 1 saturated carbocycles. The third kappa shape index (κ3) is 5.94. The molecule has 0 spiro atoms. The van der Waals surface area contributed by atoms with E-state index in [1.165, 1.54) is 25.7 Å². The second kappa shape index (κ2) is 10.1. The van der Waals surface area contributed by atoms with Gasteiger partial charge in [0.25, 0.3) is 5.91 Å². The molecule has 0 aliphatic heterocycles. The number of aryl methyl sites for hydroxylation is 1. The summed E-state index contributed by atoms with van der Waals surface area (Å²) in [6.45, 7) is 2.37. The largest absolute Gasteiger partial charge is 0.497 e. The van der Waals surface area contributed by atoms with E-state index in [0.29, 0.717) is 24.1 Å². The molecule has 1 heterocycles. The molecule has 0 saturated heterocycles. The summed E-state index contributed by atoms with van der Waals surface area (Å²) >= 11 is 0. The van der Waals surface area contributed by atoms with Gasteiger partial charge >= 0.3 is 0 Å². The first-order valence-corrected chi connectivity index (χ1v) is 10.2. The van der Waals surface area contributed by atoms with Crippen molar-refractivity contribution in [2.75, 3.05) is 19.0 Å². The van der Waals surface area contributed by atoms with Gasteiger partial charge in [-0.25, -0.2) is 9.97 Å². The topological polar surface area (TPSA) is 76.1 Å². The van der Waals surface area contributed by atoms with Crippen molar-refractivity contribution in [3.8, 4) is 5.75 Å². The first-order valence-electron chi connectivity index (χ1n) is 10.2. The Hall–Kier alpha value is -2.63. The minimum atomic E-state index is -0.169. The zero-order valence-corrected chi connectivity index (χ0v) is 16.8. The zero-order valence-electron chi connectivity index (χ0n) is 16.8. The van der Waals surface area contributed by atoms with Crippen molar-refractivity contribution in [1.82, 2.24) is 15.3 Å². The number of aromatic nitrogens is 2. The van der Waals surface area contributed by atoms with Crippen LogP contribution in [0, 0.1) is 6.92 Å². The van der Waals surface area contributed by atoms with Gasteiger partial charge in [0.15, 0.2) is 0 Å². The summed E-state index contributed by atoms with van der Waals surface area (Å²) in [5.41, 5.74) is 1.53. The molecule has 3 rings (SSSR count). The fourth-order valence-electron chi connectivity index (χ4n) is 3.63. The van der Waals surface area contributed by atoms with Gasteiger partial charge in [-0.15, -0.1) is 0 Å². The standard InChI is InChI=1S/C22H30N4O2/c1-16-24-20(15-21(25-16)26-18-9-5-3-4-6-10-18)22(27)23-13-12-17-8-7-11-19(14-17)28-2/h7-8,11,14-15,18H,3-6,9-10,12-13H2,1-2H3,(H,23,27)(H,24,25,26). The van der Waals surface area contributed by atoms with E-state index in [1.807, 2.05) is 31.2 Å². The van der Waals surface area contributed by atoms with Gasteiger partial charge in [-0.3, -0.25) is 4.79 Å². The molecule has 0 radical (unpaired) electrons. The maximum atomic E-state index is 12.6. The number of methoxy groups -OCH3 is 1. The molecule has 0 bridgehead atoms. The number of nitrogens with zero attached hydrogens (tertiary/aromatic N) is 2. The van der Waals surface area contributed by atoms with Gasteiger partial charge in [0, 0.05) is 18.7 Å². The van der Waals surface area contributed by atoms with Crippen LogP contribution in [0.2, 0.25) is 0 Å². The third-order valence-electron chi connectivity index (χ3n) is 5.11. The van der Waals surface area contributed by atoms with Crippen LogP contribution in [0.1, 0.15) is 60.4 Å². The molecule has 28 heavy (non-hydrogen) atoms. The minimum Gasteiger partial charge on any atom is -0.497 e. The normalized spacial score (nSPS) is 14.9. The Labute approximate surface area is 167 Å². The van der Waals surface area contributed by atoms with Crippen molar-refractivity contribution < 1.29 is 9.53 Å². The summed E-state index contributed by atoms with van der Waals surface area (Å²) in [5.74, 6) is 2.01. The van der Waals surface area contributed by atoms with Gasteiger partial charge < -0.3 is 15.4 Å². The highest BCUT2D eigenvalue weighted by atomic mass is 16.5. The number of carbonyl (C=O) groups is 1. The zero-order chi connectivity index (χ0) is 19.8. The molecule has 1 fully saturated rings. The van der Waals surface area contributed by atoms with Crippen LogP contribution in [0.3, 0.4) is 0 Å². The van der Waals surface area contributed by atoms with Crippen molar-refractivity contribution in [2.45, 2.75) is 57.9 Å².